The van der Waals surface area contributed by atoms with Gasteiger partial charge in [-0.1, -0.05) is 6.08 Å². The van der Waals surface area contributed by atoms with Crippen molar-refractivity contribution in [2.45, 2.75) is 13.3 Å². The lowest BCUT2D eigenvalue weighted by molar-refractivity contribution is 0.355. The Balaban J connectivity index is 1.81. The van der Waals surface area contributed by atoms with Crippen LogP contribution in [-0.2, 0) is 0 Å². The standard InChI is InChI=1S/C23H25N3O3/c1-15-11-18(16-7-9-25(2)10-8-16)14-26-22(27)13-19(24-23(15)26)17-5-6-20(28-3)21(12-17)29-4/h5-7,11-14H,8-10H2,1-4H3. The van der Waals surface area contributed by atoms with Gasteiger partial charge in [0.1, 0.15) is 5.65 Å². The smallest absolute Gasteiger partial charge is 0.258 e. The summed E-state index contributed by atoms with van der Waals surface area (Å²) in [7, 11) is 5.30. The molecule has 0 bridgehead atoms. The average molecular weight is 391 g/mol. The van der Waals surface area contributed by atoms with Crippen LogP contribution < -0.4 is 15.0 Å². The molecule has 0 amide bonds. The van der Waals surface area contributed by atoms with Crippen LogP contribution in [0.2, 0.25) is 0 Å². The maximum absolute atomic E-state index is 12.9. The Hall–Kier alpha value is -3.12. The Morgan fingerprint density at radius 1 is 1.03 bits per heavy atom. The van der Waals surface area contributed by atoms with Crippen LogP contribution >= 0.6 is 0 Å². The number of methoxy groups -OCH3 is 2. The van der Waals surface area contributed by atoms with Crippen molar-refractivity contribution in [3.8, 4) is 22.8 Å². The van der Waals surface area contributed by atoms with Crippen LogP contribution in [0, 0.1) is 6.92 Å². The van der Waals surface area contributed by atoms with E-state index in [-0.39, 0.29) is 5.56 Å². The number of aryl methyl sites for hydroxylation is 1. The molecular weight excluding hydrogens is 366 g/mol. The van der Waals surface area contributed by atoms with E-state index < -0.39 is 0 Å². The van der Waals surface area contributed by atoms with Crippen LogP contribution in [0.15, 0.2) is 47.4 Å². The van der Waals surface area contributed by atoms with Crippen molar-refractivity contribution in [3.05, 3.63) is 64.1 Å². The zero-order valence-electron chi connectivity index (χ0n) is 17.2. The molecule has 0 saturated heterocycles. The van der Waals surface area contributed by atoms with E-state index in [0.717, 1.165) is 36.2 Å². The van der Waals surface area contributed by atoms with E-state index in [4.69, 9.17) is 14.5 Å². The molecule has 6 heteroatoms. The molecule has 0 aliphatic carbocycles. The molecule has 3 aromatic rings. The van der Waals surface area contributed by atoms with E-state index in [1.807, 2.05) is 31.3 Å². The number of pyridine rings is 1. The van der Waals surface area contributed by atoms with E-state index in [2.05, 4.69) is 24.1 Å². The summed E-state index contributed by atoms with van der Waals surface area (Å²) in [5.74, 6) is 1.24. The van der Waals surface area contributed by atoms with E-state index in [0.29, 0.717) is 22.8 Å². The second-order valence-corrected chi connectivity index (χ2v) is 7.40. The lowest BCUT2D eigenvalue weighted by Crippen LogP contribution is -2.24. The molecule has 0 atom stereocenters. The number of benzene rings is 1. The molecule has 6 nitrogen and oxygen atoms in total. The van der Waals surface area contributed by atoms with Gasteiger partial charge in [-0.25, -0.2) is 4.98 Å². The van der Waals surface area contributed by atoms with Gasteiger partial charge in [0.05, 0.1) is 19.9 Å². The lowest BCUT2D eigenvalue weighted by atomic mass is 10.00. The Morgan fingerprint density at radius 3 is 2.52 bits per heavy atom. The lowest BCUT2D eigenvalue weighted by Gasteiger charge is -2.22. The van der Waals surface area contributed by atoms with Crippen molar-refractivity contribution >= 4 is 11.2 Å². The largest absolute Gasteiger partial charge is 0.493 e. The Kier molecular flexibility index (Phi) is 5.11. The second-order valence-electron chi connectivity index (χ2n) is 7.40. The van der Waals surface area contributed by atoms with E-state index in [1.54, 1.807) is 24.7 Å². The molecule has 0 saturated carbocycles. The summed E-state index contributed by atoms with van der Waals surface area (Å²) in [6, 6.07) is 9.23. The molecular formula is C23H25N3O3. The number of nitrogens with zero attached hydrogens (tertiary/aromatic N) is 3. The van der Waals surface area contributed by atoms with Gasteiger partial charge >= 0.3 is 0 Å². The van der Waals surface area contributed by atoms with Crippen LogP contribution in [0.4, 0.5) is 0 Å². The summed E-state index contributed by atoms with van der Waals surface area (Å²) in [6.45, 7) is 3.95. The van der Waals surface area contributed by atoms with Crippen LogP contribution in [0.25, 0.3) is 22.5 Å². The van der Waals surface area contributed by atoms with Gasteiger partial charge in [0.25, 0.3) is 5.56 Å². The number of aromatic nitrogens is 2. The van der Waals surface area contributed by atoms with Crippen molar-refractivity contribution in [1.29, 1.82) is 0 Å². The zero-order valence-corrected chi connectivity index (χ0v) is 17.2. The highest BCUT2D eigenvalue weighted by Crippen LogP contribution is 2.31. The normalized spacial score (nSPS) is 14.7. The van der Waals surface area contributed by atoms with Crippen LogP contribution in [0.5, 0.6) is 11.5 Å². The number of fused-ring (bicyclic) bond motifs is 1. The molecule has 0 spiro atoms. The summed E-state index contributed by atoms with van der Waals surface area (Å²) < 4.78 is 12.3. The summed E-state index contributed by atoms with van der Waals surface area (Å²) in [5, 5.41) is 0. The molecule has 150 valence electrons. The SMILES string of the molecule is COc1ccc(-c2cc(=O)n3cc(C4=CCN(C)CC4)cc(C)c3n2)cc1OC. The quantitative estimate of drug-likeness (QED) is 0.682. The first kappa shape index (κ1) is 19.2. The minimum atomic E-state index is -0.0988. The van der Waals surface area contributed by atoms with E-state index >= 15 is 0 Å². The number of hydrogen-bond donors (Lipinski definition) is 0. The molecule has 4 rings (SSSR count). The minimum absolute atomic E-state index is 0.0988. The van der Waals surface area contributed by atoms with Crippen LogP contribution in [0.3, 0.4) is 0 Å². The fourth-order valence-corrected chi connectivity index (χ4v) is 3.72. The fourth-order valence-electron chi connectivity index (χ4n) is 3.72. The first-order chi connectivity index (χ1) is 14.0. The molecule has 2 aromatic heterocycles. The maximum atomic E-state index is 12.9. The second kappa shape index (κ2) is 7.72. The molecule has 1 aliphatic rings. The maximum Gasteiger partial charge on any atom is 0.258 e. The van der Waals surface area contributed by atoms with Gasteiger partial charge < -0.3 is 14.4 Å². The molecule has 0 N–H and O–H groups in total. The molecule has 0 unspecified atom stereocenters. The fraction of sp³-hybridized carbons (Fsp3) is 0.304. The topological polar surface area (TPSA) is 56.1 Å². The van der Waals surface area contributed by atoms with Gasteiger partial charge in [0, 0.05) is 30.9 Å². The van der Waals surface area contributed by atoms with Crippen molar-refractivity contribution in [3.63, 3.8) is 0 Å². The number of likely N-dealkylation sites (N-methyl/N-ethyl adjacent to an activating group) is 1. The molecule has 1 aromatic carbocycles. The van der Waals surface area contributed by atoms with Gasteiger partial charge in [-0.2, -0.15) is 0 Å². The van der Waals surface area contributed by atoms with Gasteiger partial charge in [-0.05, 0) is 61.4 Å². The Morgan fingerprint density at radius 2 is 1.83 bits per heavy atom. The van der Waals surface area contributed by atoms with Crippen molar-refractivity contribution in [2.24, 2.45) is 0 Å². The Bertz CT molecular complexity index is 1160. The molecule has 3 heterocycles. The van der Waals surface area contributed by atoms with Gasteiger partial charge in [0.15, 0.2) is 11.5 Å². The highest BCUT2D eigenvalue weighted by molar-refractivity contribution is 5.70. The molecule has 0 fully saturated rings. The first-order valence-electron chi connectivity index (χ1n) is 9.64. The molecule has 0 radical (unpaired) electrons. The van der Waals surface area contributed by atoms with Crippen molar-refractivity contribution < 1.29 is 9.47 Å². The van der Waals surface area contributed by atoms with E-state index in [9.17, 15) is 4.79 Å². The predicted octanol–water partition coefficient (Wildman–Crippen LogP) is 3.41. The monoisotopic (exact) mass is 391 g/mol. The molecule has 29 heavy (non-hydrogen) atoms. The summed E-state index contributed by atoms with van der Waals surface area (Å²) in [6.07, 6.45) is 5.13. The highest BCUT2D eigenvalue weighted by atomic mass is 16.5. The highest BCUT2D eigenvalue weighted by Gasteiger charge is 2.14. The van der Waals surface area contributed by atoms with Gasteiger partial charge in [0.2, 0.25) is 0 Å². The molecule has 1 aliphatic heterocycles. The van der Waals surface area contributed by atoms with Gasteiger partial charge in [-0.3, -0.25) is 9.20 Å². The van der Waals surface area contributed by atoms with E-state index in [1.165, 1.54) is 5.57 Å². The van der Waals surface area contributed by atoms with Crippen LogP contribution in [-0.4, -0.2) is 48.6 Å². The van der Waals surface area contributed by atoms with Crippen LogP contribution in [0.1, 0.15) is 17.5 Å². The number of ether oxygens (including phenoxy) is 2. The zero-order chi connectivity index (χ0) is 20.5. The third-order valence-electron chi connectivity index (χ3n) is 5.41. The van der Waals surface area contributed by atoms with Crippen molar-refractivity contribution in [1.82, 2.24) is 14.3 Å². The number of hydrogen-bond acceptors (Lipinski definition) is 5. The van der Waals surface area contributed by atoms with Gasteiger partial charge in [-0.15, -0.1) is 0 Å². The predicted molar refractivity (Wildman–Crippen MR) is 115 cm³/mol. The third kappa shape index (κ3) is 3.63. The Labute approximate surface area is 170 Å². The summed E-state index contributed by atoms with van der Waals surface area (Å²) in [4.78, 5) is 20.0. The average Bonchev–Trinajstić information content (AvgIpc) is 2.74. The minimum Gasteiger partial charge on any atom is -0.493 e. The third-order valence-corrected chi connectivity index (χ3v) is 5.41. The van der Waals surface area contributed by atoms with Crippen molar-refractivity contribution in [2.75, 3.05) is 34.4 Å². The first-order valence-corrected chi connectivity index (χ1v) is 9.64. The summed E-state index contributed by atoms with van der Waals surface area (Å²) in [5.41, 5.74) is 5.34. The summed E-state index contributed by atoms with van der Waals surface area (Å²) >= 11 is 0. The number of rotatable bonds is 4.